The van der Waals surface area contributed by atoms with Gasteiger partial charge in [0.25, 0.3) is 10.0 Å². The Kier molecular flexibility index (Phi) is 8.57. The Labute approximate surface area is 239 Å². The fourth-order valence-electron chi connectivity index (χ4n) is 4.73. The molecule has 1 saturated heterocycles. The fourth-order valence-corrected chi connectivity index (χ4v) is 6.15. The molecule has 0 unspecified atom stereocenters. The molecule has 0 bridgehead atoms. The number of halogens is 4. The molecule has 2 aromatic carbocycles. The Morgan fingerprint density at radius 2 is 1.79 bits per heavy atom. The van der Waals surface area contributed by atoms with Gasteiger partial charge in [0.15, 0.2) is 0 Å². The average Bonchev–Trinajstić information content (AvgIpc) is 3.40. The van der Waals surface area contributed by atoms with E-state index in [9.17, 15) is 30.8 Å². The first kappa shape index (κ1) is 29.6. The van der Waals surface area contributed by atoms with Gasteiger partial charge in [0, 0.05) is 23.6 Å². The highest BCUT2D eigenvalue weighted by molar-refractivity contribution is 7.89. The highest BCUT2D eigenvalue weighted by Gasteiger charge is 2.33. The molecule has 0 atom stereocenters. The van der Waals surface area contributed by atoms with Gasteiger partial charge in [-0.25, -0.2) is 22.8 Å². The van der Waals surface area contributed by atoms with E-state index in [4.69, 9.17) is 4.42 Å². The van der Waals surface area contributed by atoms with Crippen LogP contribution in [-0.4, -0.2) is 54.8 Å². The zero-order chi connectivity index (χ0) is 29.9. The van der Waals surface area contributed by atoms with Crippen molar-refractivity contribution in [1.82, 2.24) is 24.9 Å². The van der Waals surface area contributed by atoms with Crippen LogP contribution < -0.4 is 10.6 Å². The summed E-state index contributed by atoms with van der Waals surface area (Å²) >= 11 is 0. The second kappa shape index (κ2) is 12.2. The van der Waals surface area contributed by atoms with Crippen molar-refractivity contribution in [3.05, 3.63) is 78.0 Å². The molecule has 0 radical (unpaired) electrons. The number of nitrogens with zero attached hydrogens (tertiary/aromatic N) is 3. The van der Waals surface area contributed by atoms with Crippen molar-refractivity contribution >= 4 is 26.9 Å². The summed E-state index contributed by atoms with van der Waals surface area (Å²) in [6, 6.07) is 10.9. The summed E-state index contributed by atoms with van der Waals surface area (Å²) in [4.78, 5) is 21.2. The van der Waals surface area contributed by atoms with Gasteiger partial charge < -0.3 is 15.1 Å². The number of hydrogen-bond donors (Lipinski definition) is 2. The molecule has 5 rings (SSSR count). The van der Waals surface area contributed by atoms with Crippen LogP contribution in [0.3, 0.4) is 0 Å². The first-order valence-corrected chi connectivity index (χ1v) is 14.6. The van der Waals surface area contributed by atoms with Crippen molar-refractivity contribution in [2.45, 2.75) is 30.7 Å². The standard InChI is InChI=1S/C28H27F4N5O4S/c29-22-5-6-25-20(11-22)12-27(41-25)42(39,40)37(15-18-7-9-33-10-8-18)16-26(38)34-14-23-13-24(36-17-35-23)19-1-3-21(4-2-19)28(30,31)32/h1-6,11-13,17-18,33H,7-10,14-16H2,(H,34,38). The first-order chi connectivity index (χ1) is 20.0. The highest BCUT2D eigenvalue weighted by atomic mass is 32.2. The normalized spacial score (nSPS) is 14.9. The molecule has 1 fully saturated rings. The molecule has 2 aromatic heterocycles. The number of alkyl halides is 3. The predicted molar refractivity (Wildman–Crippen MR) is 145 cm³/mol. The van der Waals surface area contributed by atoms with Gasteiger partial charge in [-0.15, -0.1) is 0 Å². The van der Waals surface area contributed by atoms with Gasteiger partial charge in [-0.2, -0.15) is 17.5 Å². The molecule has 222 valence electrons. The number of carbonyl (C=O) groups excluding carboxylic acids is 1. The van der Waals surface area contributed by atoms with E-state index in [-0.39, 0.29) is 35.1 Å². The van der Waals surface area contributed by atoms with Crippen LogP contribution in [0.25, 0.3) is 22.2 Å². The number of furan rings is 1. The van der Waals surface area contributed by atoms with E-state index in [2.05, 4.69) is 20.6 Å². The van der Waals surface area contributed by atoms with Gasteiger partial charge in [-0.1, -0.05) is 12.1 Å². The third kappa shape index (κ3) is 6.94. The molecule has 1 amide bonds. The van der Waals surface area contributed by atoms with E-state index in [0.29, 0.717) is 17.0 Å². The molecule has 42 heavy (non-hydrogen) atoms. The lowest BCUT2D eigenvalue weighted by atomic mass is 9.98. The number of benzene rings is 2. The Balaban J connectivity index is 1.30. The van der Waals surface area contributed by atoms with E-state index in [0.717, 1.165) is 42.4 Å². The van der Waals surface area contributed by atoms with Crippen LogP contribution in [0.4, 0.5) is 17.6 Å². The summed E-state index contributed by atoms with van der Waals surface area (Å²) in [5.41, 5.74) is 0.586. The Morgan fingerprint density at radius 3 is 2.50 bits per heavy atom. The van der Waals surface area contributed by atoms with Crippen molar-refractivity contribution in [3.8, 4) is 11.3 Å². The minimum Gasteiger partial charge on any atom is -0.443 e. The van der Waals surface area contributed by atoms with Gasteiger partial charge >= 0.3 is 6.18 Å². The van der Waals surface area contributed by atoms with Crippen LogP contribution in [0.2, 0.25) is 0 Å². The molecule has 2 N–H and O–H groups in total. The smallest absolute Gasteiger partial charge is 0.416 e. The van der Waals surface area contributed by atoms with Crippen LogP contribution in [0.5, 0.6) is 0 Å². The predicted octanol–water partition coefficient (Wildman–Crippen LogP) is 4.35. The summed E-state index contributed by atoms with van der Waals surface area (Å²) in [5, 5.41) is 5.78. The molecule has 1 aliphatic heterocycles. The van der Waals surface area contributed by atoms with E-state index in [1.165, 1.54) is 48.8 Å². The van der Waals surface area contributed by atoms with E-state index in [1.807, 2.05) is 0 Å². The second-order valence-electron chi connectivity index (χ2n) is 9.98. The number of carbonyl (C=O) groups is 1. The molecule has 0 spiro atoms. The first-order valence-electron chi connectivity index (χ1n) is 13.1. The lowest BCUT2D eigenvalue weighted by molar-refractivity contribution is -0.137. The van der Waals surface area contributed by atoms with Crippen LogP contribution in [0.1, 0.15) is 24.1 Å². The summed E-state index contributed by atoms with van der Waals surface area (Å²) < 4.78 is 86.2. The van der Waals surface area contributed by atoms with Gasteiger partial charge in [0.2, 0.25) is 11.0 Å². The van der Waals surface area contributed by atoms with Crippen LogP contribution >= 0.6 is 0 Å². The number of amides is 1. The monoisotopic (exact) mass is 605 g/mol. The van der Waals surface area contributed by atoms with Gasteiger partial charge in [-0.3, -0.25) is 4.79 Å². The molecule has 0 saturated carbocycles. The molecule has 9 nitrogen and oxygen atoms in total. The maximum atomic E-state index is 13.7. The zero-order valence-corrected chi connectivity index (χ0v) is 23.0. The van der Waals surface area contributed by atoms with E-state index in [1.54, 1.807) is 0 Å². The number of aromatic nitrogens is 2. The minimum absolute atomic E-state index is 0.0174. The average molecular weight is 606 g/mol. The molecular formula is C28H27F4N5O4S. The largest absolute Gasteiger partial charge is 0.443 e. The zero-order valence-electron chi connectivity index (χ0n) is 22.2. The highest BCUT2D eigenvalue weighted by Crippen LogP contribution is 2.31. The Hall–Kier alpha value is -3.88. The summed E-state index contributed by atoms with van der Waals surface area (Å²) in [6.07, 6.45) is -1.77. The topological polar surface area (TPSA) is 117 Å². The molecule has 0 aliphatic carbocycles. The van der Waals surface area contributed by atoms with Gasteiger partial charge in [0.1, 0.15) is 17.7 Å². The van der Waals surface area contributed by atoms with E-state index >= 15 is 0 Å². The third-order valence-electron chi connectivity index (χ3n) is 6.99. The maximum Gasteiger partial charge on any atom is 0.416 e. The summed E-state index contributed by atoms with van der Waals surface area (Å²) in [5.74, 6) is -1.11. The maximum absolute atomic E-state index is 13.7. The van der Waals surface area contributed by atoms with Crippen LogP contribution in [0, 0.1) is 11.7 Å². The summed E-state index contributed by atoms with van der Waals surface area (Å²) in [6.45, 7) is 0.982. The molecule has 4 aromatic rings. The van der Waals surface area contributed by atoms with Crippen molar-refractivity contribution in [1.29, 1.82) is 0 Å². The minimum atomic E-state index is -4.46. The molecular weight excluding hydrogens is 578 g/mol. The van der Waals surface area contributed by atoms with Gasteiger partial charge in [-0.05, 0) is 68.2 Å². The van der Waals surface area contributed by atoms with Crippen molar-refractivity contribution < 1.29 is 35.2 Å². The van der Waals surface area contributed by atoms with Gasteiger partial charge in [0.05, 0.1) is 30.0 Å². The SMILES string of the molecule is O=C(CN(CC1CCNCC1)S(=O)(=O)c1cc2cc(F)ccc2o1)NCc1cc(-c2ccc(C(F)(F)F)cc2)ncn1. The van der Waals surface area contributed by atoms with Crippen LogP contribution in [0.15, 0.2) is 70.4 Å². The molecule has 14 heteroatoms. The fraction of sp³-hybridized carbons (Fsp3) is 0.321. The van der Waals surface area contributed by atoms with Crippen molar-refractivity contribution in [2.75, 3.05) is 26.2 Å². The Morgan fingerprint density at radius 1 is 1.05 bits per heavy atom. The number of piperidine rings is 1. The summed E-state index contributed by atoms with van der Waals surface area (Å²) in [7, 11) is -4.25. The molecule has 3 heterocycles. The van der Waals surface area contributed by atoms with Crippen molar-refractivity contribution in [3.63, 3.8) is 0 Å². The number of fused-ring (bicyclic) bond motifs is 1. The number of nitrogens with one attached hydrogen (secondary N) is 2. The van der Waals surface area contributed by atoms with Crippen LogP contribution in [-0.2, 0) is 27.5 Å². The van der Waals surface area contributed by atoms with E-state index < -0.39 is 40.0 Å². The molecule has 1 aliphatic rings. The number of hydrogen-bond acceptors (Lipinski definition) is 7. The quantitative estimate of drug-likeness (QED) is 0.273. The third-order valence-corrected chi connectivity index (χ3v) is 8.66. The second-order valence-corrected chi connectivity index (χ2v) is 11.9. The van der Waals surface area contributed by atoms with Crippen molar-refractivity contribution in [2.24, 2.45) is 5.92 Å². The lowest BCUT2D eigenvalue weighted by Crippen LogP contribution is -2.44. The number of rotatable bonds is 9. The lowest BCUT2D eigenvalue weighted by Gasteiger charge is -2.28. The Bertz CT molecular complexity index is 1670. The number of sulfonamides is 1.